The Labute approximate surface area is 129 Å². The van der Waals surface area contributed by atoms with Crippen molar-refractivity contribution in [2.45, 2.75) is 32.4 Å². The van der Waals surface area contributed by atoms with E-state index in [-0.39, 0.29) is 0 Å². The van der Waals surface area contributed by atoms with E-state index in [1.807, 2.05) is 0 Å². The number of rotatable bonds is 7. The number of benzene rings is 1. The Balaban J connectivity index is 2.06. The molecule has 1 aromatic rings. The highest BCUT2D eigenvalue weighted by molar-refractivity contribution is 5.21. The first-order chi connectivity index (χ1) is 10.2. The maximum absolute atomic E-state index is 5.24. The van der Waals surface area contributed by atoms with Crippen LogP contribution < -0.4 is 5.32 Å². The summed E-state index contributed by atoms with van der Waals surface area (Å²) in [6.45, 7) is 8.29. The standard InChI is InChI=1S/C18H28N2O/c1-15(2)19-13-18(17-7-5-4-6-8-17)20-11-9-16(10-12-20)14-21-3/h4-9,15,18-19H,10-14H2,1-3H3. The maximum Gasteiger partial charge on any atom is 0.0673 e. The lowest BCUT2D eigenvalue weighted by molar-refractivity contribution is 0.184. The molecule has 0 amide bonds. The van der Waals surface area contributed by atoms with Gasteiger partial charge >= 0.3 is 0 Å². The smallest absolute Gasteiger partial charge is 0.0673 e. The van der Waals surface area contributed by atoms with E-state index < -0.39 is 0 Å². The van der Waals surface area contributed by atoms with E-state index in [1.54, 1.807) is 7.11 Å². The van der Waals surface area contributed by atoms with Gasteiger partial charge in [0.2, 0.25) is 0 Å². The van der Waals surface area contributed by atoms with E-state index in [9.17, 15) is 0 Å². The summed E-state index contributed by atoms with van der Waals surface area (Å²) in [6, 6.07) is 11.8. The van der Waals surface area contributed by atoms with Crippen LogP contribution >= 0.6 is 0 Å². The molecule has 3 nitrogen and oxygen atoms in total. The fraction of sp³-hybridized carbons (Fsp3) is 0.556. The van der Waals surface area contributed by atoms with Crippen LogP contribution in [0, 0.1) is 0 Å². The van der Waals surface area contributed by atoms with Gasteiger partial charge in [0.05, 0.1) is 6.61 Å². The van der Waals surface area contributed by atoms with Crippen LogP contribution in [-0.2, 0) is 4.74 Å². The molecule has 21 heavy (non-hydrogen) atoms. The predicted octanol–water partition coefficient (Wildman–Crippen LogP) is 3.00. The number of ether oxygens (including phenoxy) is 1. The van der Waals surface area contributed by atoms with Gasteiger partial charge in [0.25, 0.3) is 0 Å². The first-order valence-corrected chi connectivity index (χ1v) is 7.90. The van der Waals surface area contributed by atoms with Gasteiger partial charge in [-0.15, -0.1) is 0 Å². The van der Waals surface area contributed by atoms with Crippen LogP contribution in [0.3, 0.4) is 0 Å². The molecule has 0 saturated heterocycles. The summed E-state index contributed by atoms with van der Waals surface area (Å²) in [4.78, 5) is 2.56. The zero-order chi connectivity index (χ0) is 15.1. The molecule has 1 heterocycles. The maximum atomic E-state index is 5.24. The summed E-state index contributed by atoms with van der Waals surface area (Å²) >= 11 is 0. The van der Waals surface area contributed by atoms with Crippen molar-refractivity contribution < 1.29 is 4.74 Å². The molecule has 0 spiro atoms. The van der Waals surface area contributed by atoms with Gasteiger partial charge in [-0.25, -0.2) is 0 Å². The molecule has 1 aliphatic heterocycles. The molecule has 1 N–H and O–H groups in total. The second-order valence-electron chi connectivity index (χ2n) is 6.03. The van der Waals surface area contributed by atoms with Crippen molar-refractivity contribution >= 4 is 0 Å². The molecular formula is C18H28N2O. The molecule has 0 aliphatic carbocycles. The lowest BCUT2D eigenvalue weighted by Crippen LogP contribution is -2.40. The van der Waals surface area contributed by atoms with Gasteiger partial charge in [0.1, 0.15) is 0 Å². The van der Waals surface area contributed by atoms with E-state index in [0.717, 1.165) is 32.7 Å². The first kappa shape index (κ1) is 16.2. The molecule has 0 saturated carbocycles. The summed E-state index contributed by atoms with van der Waals surface area (Å²) in [5.74, 6) is 0. The Morgan fingerprint density at radius 1 is 1.24 bits per heavy atom. The molecule has 1 aliphatic rings. The Hall–Kier alpha value is -1.16. The normalized spacial score (nSPS) is 17.8. The van der Waals surface area contributed by atoms with Gasteiger partial charge in [-0.2, -0.15) is 0 Å². The van der Waals surface area contributed by atoms with Crippen molar-refractivity contribution in [2.24, 2.45) is 0 Å². The van der Waals surface area contributed by atoms with Gasteiger partial charge in [-0.3, -0.25) is 4.90 Å². The SMILES string of the molecule is COCC1=CCN(C(CNC(C)C)c2ccccc2)CC1. The molecule has 2 rings (SSSR count). The van der Waals surface area contributed by atoms with Gasteiger partial charge in [-0.1, -0.05) is 50.3 Å². The van der Waals surface area contributed by atoms with Crippen molar-refractivity contribution in [1.29, 1.82) is 0 Å². The molecule has 1 aromatic carbocycles. The zero-order valence-electron chi connectivity index (χ0n) is 13.5. The van der Waals surface area contributed by atoms with Crippen LogP contribution in [0.4, 0.5) is 0 Å². The number of nitrogens with zero attached hydrogens (tertiary/aromatic N) is 1. The van der Waals surface area contributed by atoms with E-state index >= 15 is 0 Å². The second-order valence-corrected chi connectivity index (χ2v) is 6.03. The second kappa shape index (κ2) is 8.32. The lowest BCUT2D eigenvalue weighted by atomic mass is 10.0. The van der Waals surface area contributed by atoms with Crippen molar-refractivity contribution in [2.75, 3.05) is 33.4 Å². The van der Waals surface area contributed by atoms with Crippen molar-refractivity contribution in [3.05, 3.63) is 47.5 Å². The molecule has 1 unspecified atom stereocenters. The summed E-state index contributed by atoms with van der Waals surface area (Å²) in [5, 5.41) is 3.59. The van der Waals surface area contributed by atoms with Crippen LogP contribution in [0.2, 0.25) is 0 Å². The van der Waals surface area contributed by atoms with E-state index in [2.05, 4.69) is 60.5 Å². The first-order valence-electron chi connectivity index (χ1n) is 7.90. The van der Waals surface area contributed by atoms with E-state index in [0.29, 0.717) is 12.1 Å². The Morgan fingerprint density at radius 2 is 2.00 bits per heavy atom. The molecule has 0 fully saturated rings. The fourth-order valence-corrected chi connectivity index (χ4v) is 2.81. The number of hydrogen-bond donors (Lipinski definition) is 1. The number of nitrogens with one attached hydrogen (secondary N) is 1. The molecule has 0 bridgehead atoms. The Kier molecular flexibility index (Phi) is 6.43. The number of methoxy groups -OCH3 is 1. The minimum Gasteiger partial charge on any atom is -0.380 e. The molecule has 0 aromatic heterocycles. The average molecular weight is 288 g/mol. The van der Waals surface area contributed by atoms with Crippen LogP contribution in [-0.4, -0.2) is 44.3 Å². The molecule has 0 radical (unpaired) electrons. The van der Waals surface area contributed by atoms with Crippen molar-refractivity contribution in [3.63, 3.8) is 0 Å². The molecule has 116 valence electrons. The Bertz CT molecular complexity index is 442. The largest absolute Gasteiger partial charge is 0.380 e. The quantitative estimate of drug-likeness (QED) is 0.781. The highest BCUT2D eigenvalue weighted by Crippen LogP contribution is 2.24. The molecule has 3 heteroatoms. The van der Waals surface area contributed by atoms with Gasteiger partial charge < -0.3 is 10.1 Å². The Morgan fingerprint density at radius 3 is 2.57 bits per heavy atom. The lowest BCUT2D eigenvalue weighted by Gasteiger charge is -2.35. The van der Waals surface area contributed by atoms with Gasteiger partial charge in [0, 0.05) is 38.8 Å². The summed E-state index contributed by atoms with van der Waals surface area (Å²) in [6.07, 6.45) is 3.44. The summed E-state index contributed by atoms with van der Waals surface area (Å²) < 4.78 is 5.24. The highest BCUT2D eigenvalue weighted by Gasteiger charge is 2.22. The summed E-state index contributed by atoms with van der Waals surface area (Å²) in [7, 11) is 1.77. The fourth-order valence-electron chi connectivity index (χ4n) is 2.81. The molecule has 1 atom stereocenters. The third-order valence-corrected chi connectivity index (χ3v) is 4.01. The van der Waals surface area contributed by atoms with Crippen LogP contribution in [0.5, 0.6) is 0 Å². The number of hydrogen-bond acceptors (Lipinski definition) is 3. The third-order valence-electron chi connectivity index (χ3n) is 4.01. The van der Waals surface area contributed by atoms with Gasteiger partial charge in [-0.05, 0) is 17.6 Å². The highest BCUT2D eigenvalue weighted by atomic mass is 16.5. The minimum absolute atomic E-state index is 0.439. The van der Waals surface area contributed by atoms with Crippen LogP contribution in [0.15, 0.2) is 42.0 Å². The zero-order valence-corrected chi connectivity index (χ0v) is 13.5. The minimum atomic E-state index is 0.439. The predicted molar refractivity (Wildman–Crippen MR) is 88.5 cm³/mol. The average Bonchev–Trinajstić information content (AvgIpc) is 2.50. The van der Waals surface area contributed by atoms with Crippen LogP contribution in [0.25, 0.3) is 0 Å². The van der Waals surface area contributed by atoms with E-state index in [1.165, 1.54) is 11.1 Å². The molecular weight excluding hydrogens is 260 g/mol. The third kappa shape index (κ3) is 4.95. The van der Waals surface area contributed by atoms with Gasteiger partial charge in [0.15, 0.2) is 0 Å². The van der Waals surface area contributed by atoms with E-state index in [4.69, 9.17) is 4.74 Å². The van der Waals surface area contributed by atoms with Crippen molar-refractivity contribution in [3.8, 4) is 0 Å². The topological polar surface area (TPSA) is 24.5 Å². The van der Waals surface area contributed by atoms with Crippen molar-refractivity contribution in [1.82, 2.24) is 10.2 Å². The summed E-state index contributed by atoms with van der Waals surface area (Å²) in [5.41, 5.74) is 2.83. The monoisotopic (exact) mass is 288 g/mol. The van der Waals surface area contributed by atoms with Crippen LogP contribution in [0.1, 0.15) is 31.9 Å².